The lowest BCUT2D eigenvalue weighted by Crippen LogP contribution is -2.51. The minimum atomic E-state index is -0.120. The molecule has 0 heterocycles. The van der Waals surface area contributed by atoms with E-state index in [1.165, 1.54) is 30.4 Å². The zero-order valence-electron chi connectivity index (χ0n) is 12.7. The van der Waals surface area contributed by atoms with Crippen LogP contribution in [0.1, 0.15) is 62.0 Å². The number of carbonyl (C=O) groups is 1. The van der Waals surface area contributed by atoms with Crippen LogP contribution in [-0.4, -0.2) is 18.0 Å². The number of aryl methyl sites for hydroxylation is 1. The van der Waals surface area contributed by atoms with E-state index in [1.54, 1.807) is 0 Å². The molecule has 2 aliphatic carbocycles. The molecular weight excluding hydrogens is 260 g/mol. The number of amides is 1. The maximum absolute atomic E-state index is 12.5. The fourth-order valence-corrected chi connectivity index (χ4v) is 4.07. The Hall–Kier alpha value is -1.35. The second-order valence-electron chi connectivity index (χ2n) is 6.73. The van der Waals surface area contributed by atoms with Gasteiger partial charge in [-0.1, -0.05) is 37.1 Å². The molecule has 0 aromatic heterocycles. The molecule has 21 heavy (non-hydrogen) atoms. The fraction of sp³-hybridized carbons (Fsp3) is 0.611. The quantitative estimate of drug-likeness (QED) is 0.894. The molecule has 3 heteroatoms. The van der Waals surface area contributed by atoms with Crippen LogP contribution < -0.4 is 11.1 Å². The summed E-state index contributed by atoms with van der Waals surface area (Å²) in [5.41, 5.74) is 8.60. The summed E-state index contributed by atoms with van der Waals surface area (Å²) in [5.74, 6) is 0.565. The van der Waals surface area contributed by atoms with Crippen LogP contribution in [0.4, 0.5) is 0 Å². The summed E-state index contributed by atoms with van der Waals surface area (Å²) in [4.78, 5) is 12.5. The predicted octanol–water partition coefficient (Wildman–Crippen LogP) is 2.88. The second-order valence-corrected chi connectivity index (χ2v) is 6.73. The normalized spacial score (nSPS) is 23.6. The first-order valence-corrected chi connectivity index (χ1v) is 8.31. The van der Waals surface area contributed by atoms with Crippen LogP contribution in [0.3, 0.4) is 0 Å². The maximum Gasteiger partial charge on any atom is 0.221 e. The standard InChI is InChI=1S/C18H26N2O/c19-13-18(10-3-4-11-18)20-17(21)12-15-8-5-7-14-6-1-2-9-16(14)15/h1-2,6,9,15H,3-5,7-8,10-13,19H2,(H,20,21). The highest BCUT2D eigenvalue weighted by Gasteiger charge is 2.34. The third-order valence-corrected chi connectivity index (χ3v) is 5.28. The molecule has 0 bridgehead atoms. The van der Waals surface area contributed by atoms with Gasteiger partial charge < -0.3 is 11.1 Å². The van der Waals surface area contributed by atoms with E-state index in [-0.39, 0.29) is 11.4 Å². The first kappa shape index (κ1) is 14.6. The summed E-state index contributed by atoms with van der Waals surface area (Å²) in [6.07, 6.45) is 8.53. The van der Waals surface area contributed by atoms with Gasteiger partial charge in [-0.2, -0.15) is 0 Å². The Bertz CT molecular complexity index is 506. The number of hydrogen-bond donors (Lipinski definition) is 2. The van der Waals surface area contributed by atoms with Crippen molar-refractivity contribution in [2.45, 2.75) is 62.8 Å². The number of rotatable bonds is 4. The Morgan fingerprint density at radius 1 is 1.24 bits per heavy atom. The smallest absolute Gasteiger partial charge is 0.221 e. The van der Waals surface area contributed by atoms with Gasteiger partial charge in [0.15, 0.2) is 0 Å². The zero-order chi connectivity index (χ0) is 14.7. The molecule has 0 aliphatic heterocycles. The van der Waals surface area contributed by atoms with Gasteiger partial charge in [-0.3, -0.25) is 4.79 Å². The molecule has 2 aliphatic rings. The van der Waals surface area contributed by atoms with Crippen molar-refractivity contribution in [1.29, 1.82) is 0 Å². The molecule has 1 amide bonds. The highest BCUT2D eigenvalue weighted by Crippen LogP contribution is 2.34. The van der Waals surface area contributed by atoms with Gasteiger partial charge in [0.25, 0.3) is 0 Å². The molecule has 1 unspecified atom stereocenters. The minimum Gasteiger partial charge on any atom is -0.349 e. The Labute approximate surface area is 127 Å². The molecule has 0 spiro atoms. The average molecular weight is 286 g/mol. The van der Waals surface area contributed by atoms with Gasteiger partial charge in [-0.05, 0) is 49.1 Å². The van der Waals surface area contributed by atoms with Gasteiger partial charge >= 0.3 is 0 Å². The van der Waals surface area contributed by atoms with Crippen molar-refractivity contribution >= 4 is 5.91 Å². The number of hydrogen-bond acceptors (Lipinski definition) is 2. The number of nitrogens with two attached hydrogens (primary N) is 1. The molecule has 1 aromatic rings. The van der Waals surface area contributed by atoms with Gasteiger partial charge in [0.1, 0.15) is 0 Å². The Morgan fingerprint density at radius 3 is 2.76 bits per heavy atom. The molecule has 3 nitrogen and oxygen atoms in total. The summed E-state index contributed by atoms with van der Waals surface area (Å²) < 4.78 is 0. The van der Waals surface area contributed by atoms with Crippen LogP contribution in [0.2, 0.25) is 0 Å². The van der Waals surface area contributed by atoms with E-state index in [0.29, 0.717) is 18.9 Å². The lowest BCUT2D eigenvalue weighted by Gasteiger charge is -2.31. The third-order valence-electron chi connectivity index (χ3n) is 5.28. The predicted molar refractivity (Wildman–Crippen MR) is 85.1 cm³/mol. The SMILES string of the molecule is NCC1(NC(=O)CC2CCCc3ccccc32)CCCC1. The summed E-state index contributed by atoms with van der Waals surface area (Å²) in [6, 6.07) is 8.59. The molecule has 3 rings (SSSR count). The van der Waals surface area contributed by atoms with Crippen molar-refractivity contribution in [3.63, 3.8) is 0 Å². The minimum absolute atomic E-state index is 0.120. The average Bonchev–Trinajstić information content (AvgIpc) is 2.96. The van der Waals surface area contributed by atoms with E-state index in [0.717, 1.165) is 25.7 Å². The van der Waals surface area contributed by atoms with E-state index in [9.17, 15) is 4.79 Å². The number of nitrogens with one attached hydrogen (secondary N) is 1. The van der Waals surface area contributed by atoms with Crippen LogP contribution in [0, 0.1) is 0 Å². The van der Waals surface area contributed by atoms with Crippen LogP contribution in [-0.2, 0) is 11.2 Å². The van der Waals surface area contributed by atoms with Crippen LogP contribution in [0.15, 0.2) is 24.3 Å². The van der Waals surface area contributed by atoms with Gasteiger partial charge in [-0.25, -0.2) is 0 Å². The molecule has 0 radical (unpaired) electrons. The fourth-order valence-electron chi connectivity index (χ4n) is 4.07. The first-order chi connectivity index (χ1) is 10.2. The van der Waals surface area contributed by atoms with E-state index < -0.39 is 0 Å². The second kappa shape index (κ2) is 6.18. The van der Waals surface area contributed by atoms with Crippen molar-refractivity contribution < 1.29 is 4.79 Å². The lowest BCUT2D eigenvalue weighted by molar-refractivity contribution is -0.123. The molecule has 114 valence electrons. The first-order valence-electron chi connectivity index (χ1n) is 8.31. The van der Waals surface area contributed by atoms with Gasteiger partial charge in [0.2, 0.25) is 5.91 Å². The third kappa shape index (κ3) is 3.13. The zero-order valence-corrected chi connectivity index (χ0v) is 12.7. The van der Waals surface area contributed by atoms with Crippen molar-refractivity contribution in [2.24, 2.45) is 5.73 Å². The highest BCUT2D eigenvalue weighted by molar-refractivity contribution is 5.78. The number of benzene rings is 1. The molecule has 1 fully saturated rings. The van der Waals surface area contributed by atoms with E-state index in [2.05, 4.69) is 29.6 Å². The Morgan fingerprint density at radius 2 is 2.00 bits per heavy atom. The van der Waals surface area contributed by atoms with Crippen molar-refractivity contribution in [3.8, 4) is 0 Å². The maximum atomic E-state index is 12.5. The molecule has 1 aromatic carbocycles. The molecule has 1 saturated carbocycles. The molecule has 3 N–H and O–H groups in total. The summed E-state index contributed by atoms with van der Waals surface area (Å²) in [6.45, 7) is 0.569. The van der Waals surface area contributed by atoms with Gasteiger partial charge in [-0.15, -0.1) is 0 Å². The van der Waals surface area contributed by atoms with E-state index in [1.807, 2.05) is 0 Å². The van der Waals surface area contributed by atoms with Crippen molar-refractivity contribution in [3.05, 3.63) is 35.4 Å². The molecule has 0 saturated heterocycles. The lowest BCUT2D eigenvalue weighted by atomic mass is 9.81. The van der Waals surface area contributed by atoms with Crippen LogP contribution in [0.5, 0.6) is 0 Å². The largest absolute Gasteiger partial charge is 0.349 e. The van der Waals surface area contributed by atoms with Crippen molar-refractivity contribution in [1.82, 2.24) is 5.32 Å². The van der Waals surface area contributed by atoms with E-state index >= 15 is 0 Å². The number of fused-ring (bicyclic) bond motifs is 1. The van der Waals surface area contributed by atoms with E-state index in [4.69, 9.17) is 5.73 Å². The van der Waals surface area contributed by atoms with Crippen LogP contribution >= 0.6 is 0 Å². The van der Waals surface area contributed by atoms with Crippen molar-refractivity contribution in [2.75, 3.05) is 6.54 Å². The van der Waals surface area contributed by atoms with Crippen LogP contribution in [0.25, 0.3) is 0 Å². The van der Waals surface area contributed by atoms with Gasteiger partial charge in [0.05, 0.1) is 5.54 Å². The summed E-state index contributed by atoms with van der Waals surface area (Å²) >= 11 is 0. The summed E-state index contributed by atoms with van der Waals surface area (Å²) in [7, 11) is 0. The topological polar surface area (TPSA) is 55.1 Å². The molecular formula is C18H26N2O. The summed E-state index contributed by atoms with van der Waals surface area (Å²) in [5, 5.41) is 3.26. The monoisotopic (exact) mass is 286 g/mol. The Kier molecular flexibility index (Phi) is 4.29. The Balaban J connectivity index is 1.66. The molecule has 1 atom stereocenters. The highest BCUT2D eigenvalue weighted by atomic mass is 16.1. The van der Waals surface area contributed by atoms with Gasteiger partial charge in [0, 0.05) is 13.0 Å². The number of carbonyl (C=O) groups excluding carboxylic acids is 1.